The number of carbonyl (C=O) groups is 1. The lowest BCUT2D eigenvalue weighted by molar-refractivity contribution is 0.0938. The number of carbonyl (C=O) groups excluding carboxylic acids is 1. The molecule has 2 N–H and O–H groups in total. The van der Waals surface area contributed by atoms with Crippen molar-refractivity contribution in [2.24, 2.45) is 5.41 Å². The quantitative estimate of drug-likeness (QED) is 0.855. The molecule has 3 rings (SSSR count). The Morgan fingerprint density at radius 3 is 2.61 bits per heavy atom. The van der Waals surface area contributed by atoms with Crippen LogP contribution in [0.15, 0.2) is 24.3 Å². The Morgan fingerprint density at radius 2 is 2.04 bits per heavy atom. The van der Waals surface area contributed by atoms with Gasteiger partial charge < -0.3 is 10.4 Å². The number of aromatic nitrogens is 1. The first kappa shape index (κ1) is 16.1. The van der Waals surface area contributed by atoms with Crippen LogP contribution < -0.4 is 5.32 Å². The average molecular weight is 330 g/mol. The van der Waals surface area contributed by atoms with Crippen LogP contribution in [0.5, 0.6) is 0 Å². The van der Waals surface area contributed by atoms with Crippen molar-refractivity contribution in [2.75, 3.05) is 13.2 Å². The van der Waals surface area contributed by atoms with E-state index in [9.17, 15) is 9.90 Å². The number of hydrogen-bond donors (Lipinski definition) is 2. The summed E-state index contributed by atoms with van der Waals surface area (Å²) in [6, 6.07) is 8.32. The molecule has 4 nitrogen and oxygen atoms in total. The Labute approximate surface area is 140 Å². The molecule has 1 heterocycles. The molecule has 1 aliphatic carbocycles. The van der Waals surface area contributed by atoms with E-state index in [0.29, 0.717) is 11.4 Å². The van der Waals surface area contributed by atoms with Crippen molar-refractivity contribution in [3.8, 4) is 10.6 Å². The Kier molecular flexibility index (Phi) is 4.50. The SMILES string of the molecule is CCc1ccc(-c2nc(C)c(C(=O)NCC3(CO)CC3)s2)cc1. The predicted molar refractivity (Wildman–Crippen MR) is 92.8 cm³/mol. The first-order valence-electron chi connectivity index (χ1n) is 8.03. The zero-order valence-electron chi connectivity index (χ0n) is 13.6. The maximum atomic E-state index is 12.4. The number of nitrogens with zero attached hydrogens (tertiary/aromatic N) is 1. The summed E-state index contributed by atoms with van der Waals surface area (Å²) in [6.07, 6.45) is 2.98. The van der Waals surface area contributed by atoms with Crippen LogP contribution in [0.1, 0.15) is 40.7 Å². The first-order chi connectivity index (χ1) is 11.1. The van der Waals surface area contributed by atoms with Gasteiger partial charge in [-0.3, -0.25) is 4.79 Å². The monoisotopic (exact) mass is 330 g/mol. The summed E-state index contributed by atoms with van der Waals surface area (Å²) in [5.41, 5.74) is 3.02. The van der Waals surface area contributed by atoms with Gasteiger partial charge in [-0.2, -0.15) is 0 Å². The topological polar surface area (TPSA) is 62.2 Å². The van der Waals surface area contributed by atoms with Crippen molar-refractivity contribution in [3.05, 3.63) is 40.4 Å². The summed E-state index contributed by atoms with van der Waals surface area (Å²) in [5.74, 6) is -0.0869. The number of benzene rings is 1. The number of rotatable bonds is 6. The Morgan fingerprint density at radius 1 is 1.35 bits per heavy atom. The van der Waals surface area contributed by atoms with E-state index in [1.807, 2.05) is 6.92 Å². The molecule has 1 saturated carbocycles. The minimum Gasteiger partial charge on any atom is -0.396 e. The molecule has 122 valence electrons. The van der Waals surface area contributed by atoms with Crippen LogP contribution in [-0.4, -0.2) is 29.1 Å². The van der Waals surface area contributed by atoms with E-state index >= 15 is 0 Å². The summed E-state index contributed by atoms with van der Waals surface area (Å²) in [5, 5.41) is 13.2. The summed E-state index contributed by atoms with van der Waals surface area (Å²) in [7, 11) is 0. The van der Waals surface area contributed by atoms with Crippen molar-refractivity contribution in [2.45, 2.75) is 33.1 Å². The molecular weight excluding hydrogens is 308 g/mol. The zero-order valence-corrected chi connectivity index (χ0v) is 14.4. The first-order valence-corrected chi connectivity index (χ1v) is 8.84. The van der Waals surface area contributed by atoms with Gasteiger partial charge in [-0.25, -0.2) is 4.98 Å². The molecule has 0 atom stereocenters. The zero-order chi connectivity index (χ0) is 16.4. The van der Waals surface area contributed by atoms with E-state index in [0.717, 1.165) is 35.5 Å². The van der Waals surface area contributed by atoms with Crippen LogP contribution in [0, 0.1) is 12.3 Å². The van der Waals surface area contributed by atoms with Gasteiger partial charge in [0.25, 0.3) is 5.91 Å². The third-order valence-electron chi connectivity index (χ3n) is 4.53. The van der Waals surface area contributed by atoms with E-state index < -0.39 is 0 Å². The molecule has 1 aliphatic rings. The van der Waals surface area contributed by atoms with E-state index in [2.05, 4.69) is 41.5 Å². The van der Waals surface area contributed by atoms with Crippen molar-refractivity contribution in [3.63, 3.8) is 0 Å². The number of aliphatic hydroxyl groups excluding tert-OH is 1. The van der Waals surface area contributed by atoms with Gasteiger partial charge in [0, 0.05) is 17.5 Å². The van der Waals surface area contributed by atoms with Gasteiger partial charge in [0.2, 0.25) is 0 Å². The summed E-state index contributed by atoms with van der Waals surface area (Å²) >= 11 is 1.43. The lowest BCUT2D eigenvalue weighted by Gasteiger charge is -2.11. The lowest BCUT2D eigenvalue weighted by atomic mass is 10.1. The highest BCUT2D eigenvalue weighted by atomic mass is 32.1. The largest absolute Gasteiger partial charge is 0.396 e. The fourth-order valence-electron chi connectivity index (χ4n) is 2.53. The third-order valence-corrected chi connectivity index (χ3v) is 5.73. The van der Waals surface area contributed by atoms with Crippen LogP contribution in [0.3, 0.4) is 0 Å². The van der Waals surface area contributed by atoms with Gasteiger partial charge in [0.1, 0.15) is 9.88 Å². The number of amides is 1. The van der Waals surface area contributed by atoms with Gasteiger partial charge in [0.05, 0.1) is 12.3 Å². The number of aryl methyl sites for hydroxylation is 2. The summed E-state index contributed by atoms with van der Waals surface area (Å²) < 4.78 is 0. The summed E-state index contributed by atoms with van der Waals surface area (Å²) in [4.78, 5) is 17.6. The number of aliphatic hydroxyl groups is 1. The van der Waals surface area contributed by atoms with Gasteiger partial charge >= 0.3 is 0 Å². The maximum absolute atomic E-state index is 12.4. The highest BCUT2D eigenvalue weighted by Crippen LogP contribution is 2.44. The van der Waals surface area contributed by atoms with Crippen molar-refractivity contribution < 1.29 is 9.90 Å². The normalized spacial score (nSPS) is 15.4. The standard InChI is InChI=1S/C18H22N2O2S/c1-3-13-4-6-14(7-5-13)17-20-12(2)15(23-17)16(22)19-10-18(11-21)8-9-18/h4-7,21H,3,8-11H2,1-2H3,(H,19,22). The number of thiazole rings is 1. The highest BCUT2D eigenvalue weighted by Gasteiger charge is 2.42. The lowest BCUT2D eigenvalue weighted by Crippen LogP contribution is -2.31. The van der Waals surface area contributed by atoms with Gasteiger partial charge in [-0.1, -0.05) is 31.2 Å². The van der Waals surface area contributed by atoms with E-state index in [-0.39, 0.29) is 17.9 Å². The third kappa shape index (κ3) is 3.46. The summed E-state index contributed by atoms with van der Waals surface area (Å²) in [6.45, 7) is 4.68. The molecule has 1 amide bonds. The predicted octanol–water partition coefficient (Wildman–Crippen LogP) is 3.18. The van der Waals surface area contributed by atoms with Crippen LogP contribution in [0.4, 0.5) is 0 Å². The second-order valence-corrected chi connectivity index (χ2v) is 7.32. The molecule has 0 saturated heterocycles. The molecule has 0 aliphatic heterocycles. The highest BCUT2D eigenvalue weighted by molar-refractivity contribution is 7.17. The average Bonchev–Trinajstić information content (AvgIpc) is 3.27. The van der Waals surface area contributed by atoms with Crippen LogP contribution >= 0.6 is 11.3 Å². The molecule has 0 radical (unpaired) electrons. The molecular formula is C18H22N2O2S. The molecule has 1 fully saturated rings. The molecule has 5 heteroatoms. The van der Waals surface area contributed by atoms with Crippen LogP contribution in [0.25, 0.3) is 10.6 Å². The van der Waals surface area contributed by atoms with Crippen molar-refractivity contribution >= 4 is 17.2 Å². The van der Waals surface area contributed by atoms with Gasteiger partial charge in [-0.15, -0.1) is 11.3 Å². The molecule has 0 unspecified atom stereocenters. The molecule has 2 aromatic rings. The maximum Gasteiger partial charge on any atom is 0.263 e. The molecule has 23 heavy (non-hydrogen) atoms. The van der Waals surface area contributed by atoms with Crippen LogP contribution in [0.2, 0.25) is 0 Å². The number of hydrogen-bond acceptors (Lipinski definition) is 4. The van der Waals surface area contributed by atoms with E-state index in [1.165, 1.54) is 16.9 Å². The molecule has 1 aromatic heterocycles. The second-order valence-electron chi connectivity index (χ2n) is 6.32. The smallest absolute Gasteiger partial charge is 0.263 e. The number of nitrogens with one attached hydrogen (secondary N) is 1. The van der Waals surface area contributed by atoms with Gasteiger partial charge in [0.15, 0.2) is 0 Å². The Balaban J connectivity index is 1.73. The Hall–Kier alpha value is -1.72. The molecule has 0 bridgehead atoms. The molecule has 0 spiro atoms. The van der Waals surface area contributed by atoms with Gasteiger partial charge in [-0.05, 0) is 31.7 Å². The van der Waals surface area contributed by atoms with Crippen LogP contribution in [-0.2, 0) is 6.42 Å². The Bertz CT molecular complexity index is 702. The fourth-order valence-corrected chi connectivity index (χ4v) is 3.52. The van der Waals surface area contributed by atoms with Crippen molar-refractivity contribution in [1.82, 2.24) is 10.3 Å². The van der Waals surface area contributed by atoms with Crippen molar-refractivity contribution in [1.29, 1.82) is 0 Å². The minimum atomic E-state index is -0.0869. The fraction of sp³-hybridized carbons (Fsp3) is 0.444. The van der Waals surface area contributed by atoms with E-state index in [1.54, 1.807) is 0 Å². The molecule has 1 aromatic carbocycles. The second kappa shape index (κ2) is 6.42. The minimum absolute atomic E-state index is 0.0763. The van der Waals surface area contributed by atoms with E-state index in [4.69, 9.17) is 0 Å².